The monoisotopic (exact) mass is 365 g/mol. The molecule has 0 spiro atoms. The second-order valence-corrected chi connectivity index (χ2v) is 7.43. The highest BCUT2D eigenvalue weighted by Gasteiger charge is 2.37. The number of aryl methyl sites for hydroxylation is 1. The molecule has 4 rings (SSSR count). The Morgan fingerprint density at radius 2 is 2.00 bits per heavy atom. The van der Waals surface area contributed by atoms with Gasteiger partial charge in [-0.05, 0) is 43.9 Å². The maximum absolute atomic E-state index is 12.5. The minimum absolute atomic E-state index is 0.0852. The number of carbonyl (C=O) groups is 2. The summed E-state index contributed by atoms with van der Waals surface area (Å²) >= 11 is 0. The van der Waals surface area contributed by atoms with Crippen molar-refractivity contribution in [1.29, 1.82) is 0 Å². The Balaban J connectivity index is 1.32. The summed E-state index contributed by atoms with van der Waals surface area (Å²) in [6.45, 7) is 3.33. The smallest absolute Gasteiger partial charge is 0.229 e. The number of benzene rings is 1. The van der Waals surface area contributed by atoms with Gasteiger partial charge in [0.05, 0.1) is 17.8 Å². The first kappa shape index (κ1) is 17.5. The summed E-state index contributed by atoms with van der Waals surface area (Å²) in [5.41, 5.74) is 1.76. The first-order valence-corrected chi connectivity index (χ1v) is 9.36. The van der Waals surface area contributed by atoms with Gasteiger partial charge in [0.25, 0.3) is 0 Å². The molecule has 0 bridgehead atoms. The first-order chi connectivity index (χ1) is 13.1. The van der Waals surface area contributed by atoms with Gasteiger partial charge in [0.15, 0.2) is 0 Å². The minimum atomic E-state index is -0.292. The van der Waals surface area contributed by atoms with Gasteiger partial charge in [-0.15, -0.1) is 0 Å². The third kappa shape index (κ3) is 4.45. The SMILES string of the molecule is Cc1ccc(Oc2ccc(NC(=O)[C@H]3CC(=O)N(CC4CC4)C3)cn2)cc1. The molecule has 1 aromatic heterocycles. The van der Waals surface area contributed by atoms with Crippen molar-refractivity contribution < 1.29 is 14.3 Å². The third-order valence-corrected chi connectivity index (χ3v) is 5.01. The van der Waals surface area contributed by atoms with Gasteiger partial charge < -0.3 is 15.0 Å². The molecule has 27 heavy (non-hydrogen) atoms. The molecule has 1 aliphatic carbocycles. The van der Waals surface area contributed by atoms with Crippen molar-refractivity contribution in [1.82, 2.24) is 9.88 Å². The van der Waals surface area contributed by atoms with Crippen LogP contribution in [0.2, 0.25) is 0 Å². The fraction of sp³-hybridized carbons (Fsp3) is 0.381. The van der Waals surface area contributed by atoms with Crippen LogP contribution in [0.1, 0.15) is 24.8 Å². The van der Waals surface area contributed by atoms with Crippen LogP contribution < -0.4 is 10.1 Å². The second-order valence-electron chi connectivity index (χ2n) is 7.43. The summed E-state index contributed by atoms with van der Waals surface area (Å²) in [5, 5.41) is 2.86. The zero-order valence-electron chi connectivity index (χ0n) is 15.4. The van der Waals surface area contributed by atoms with Crippen LogP contribution >= 0.6 is 0 Å². The number of pyridine rings is 1. The van der Waals surface area contributed by atoms with Crippen molar-refractivity contribution in [2.24, 2.45) is 11.8 Å². The number of hydrogen-bond acceptors (Lipinski definition) is 4. The molecule has 1 aromatic carbocycles. The van der Waals surface area contributed by atoms with Crippen LogP contribution in [0.4, 0.5) is 5.69 Å². The summed E-state index contributed by atoms with van der Waals surface area (Å²) in [4.78, 5) is 30.6. The third-order valence-electron chi connectivity index (χ3n) is 5.01. The summed E-state index contributed by atoms with van der Waals surface area (Å²) in [7, 11) is 0. The van der Waals surface area contributed by atoms with E-state index < -0.39 is 0 Å². The summed E-state index contributed by atoms with van der Waals surface area (Å²) < 4.78 is 5.69. The predicted molar refractivity (Wildman–Crippen MR) is 102 cm³/mol. The molecule has 0 unspecified atom stereocenters. The van der Waals surface area contributed by atoms with Crippen LogP contribution in [-0.2, 0) is 9.59 Å². The molecular formula is C21H23N3O3. The number of ether oxygens (including phenoxy) is 1. The molecule has 6 heteroatoms. The van der Waals surface area contributed by atoms with Crippen molar-refractivity contribution >= 4 is 17.5 Å². The van der Waals surface area contributed by atoms with E-state index >= 15 is 0 Å². The number of hydrogen-bond donors (Lipinski definition) is 1. The van der Waals surface area contributed by atoms with Gasteiger partial charge in [-0.1, -0.05) is 17.7 Å². The standard InChI is InChI=1S/C21H23N3O3/c1-14-2-7-18(8-3-14)27-19-9-6-17(11-22-19)23-21(26)16-10-20(25)24(13-16)12-15-4-5-15/h2-3,6-9,11,15-16H,4-5,10,12-13H2,1H3,(H,23,26)/t16-/m0/s1. The Bertz CT molecular complexity index is 829. The van der Waals surface area contributed by atoms with E-state index in [1.807, 2.05) is 36.1 Å². The van der Waals surface area contributed by atoms with E-state index in [4.69, 9.17) is 4.74 Å². The molecule has 140 valence electrons. The first-order valence-electron chi connectivity index (χ1n) is 9.36. The Kier molecular flexibility index (Phi) is 4.79. The van der Waals surface area contributed by atoms with Crippen LogP contribution in [0.3, 0.4) is 0 Å². The molecule has 1 saturated carbocycles. The van der Waals surface area contributed by atoms with Gasteiger partial charge in [-0.25, -0.2) is 4.98 Å². The van der Waals surface area contributed by atoms with Crippen molar-refractivity contribution in [3.05, 3.63) is 48.2 Å². The van der Waals surface area contributed by atoms with E-state index in [0.29, 0.717) is 36.2 Å². The molecule has 2 amide bonds. The van der Waals surface area contributed by atoms with Crippen LogP contribution in [-0.4, -0.2) is 34.8 Å². The van der Waals surface area contributed by atoms with Crippen molar-refractivity contribution in [3.8, 4) is 11.6 Å². The summed E-state index contributed by atoms with van der Waals surface area (Å²) in [5.74, 6) is 1.48. The maximum atomic E-state index is 12.5. The fourth-order valence-corrected chi connectivity index (χ4v) is 3.22. The molecule has 2 fully saturated rings. The molecule has 2 aromatic rings. The molecule has 1 atom stereocenters. The number of nitrogens with one attached hydrogen (secondary N) is 1. The Labute approximate surface area is 158 Å². The van der Waals surface area contributed by atoms with Crippen molar-refractivity contribution in [2.75, 3.05) is 18.4 Å². The average Bonchev–Trinajstić information content (AvgIpc) is 3.40. The zero-order chi connectivity index (χ0) is 18.8. The Morgan fingerprint density at radius 1 is 1.22 bits per heavy atom. The highest BCUT2D eigenvalue weighted by Crippen LogP contribution is 2.32. The lowest BCUT2D eigenvalue weighted by molar-refractivity contribution is -0.128. The maximum Gasteiger partial charge on any atom is 0.229 e. The summed E-state index contributed by atoms with van der Waals surface area (Å²) in [6.07, 6.45) is 4.26. The van der Waals surface area contributed by atoms with Gasteiger partial charge in [-0.2, -0.15) is 0 Å². The predicted octanol–water partition coefficient (Wildman–Crippen LogP) is 3.38. The van der Waals surface area contributed by atoms with E-state index in [-0.39, 0.29) is 17.7 Å². The van der Waals surface area contributed by atoms with Crippen molar-refractivity contribution in [3.63, 3.8) is 0 Å². The van der Waals surface area contributed by atoms with Crippen LogP contribution in [0.15, 0.2) is 42.6 Å². The van der Waals surface area contributed by atoms with E-state index in [2.05, 4.69) is 10.3 Å². The Morgan fingerprint density at radius 3 is 2.67 bits per heavy atom. The highest BCUT2D eigenvalue weighted by molar-refractivity contribution is 5.97. The zero-order valence-corrected chi connectivity index (χ0v) is 15.4. The molecule has 0 radical (unpaired) electrons. The molecule has 1 N–H and O–H groups in total. The number of carbonyl (C=O) groups excluding carboxylic acids is 2. The lowest BCUT2D eigenvalue weighted by Gasteiger charge is -2.16. The quantitative estimate of drug-likeness (QED) is 0.852. The molecule has 2 aliphatic rings. The van der Waals surface area contributed by atoms with Crippen LogP contribution in [0.5, 0.6) is 11.6 Å². The number of amides is 2. The second kappa shape index (κ2) is 7.39. The molecule has 1 saturated heterocycles. The van der Waals surface area contributed by atoms with Gasteiger partial charge >= 0.3 is 0 Å². The lowest BCUT2D eigenvalue weighted by atomic mass is 10.1. The number of anilines is 1. The normalized spacial score (nSPS) is 19.2. The topological polar surface area (TPSA) is 71.5 Å². The summed E-state index contributed by atoms with van der Waals surface area (Å²) in [6, 6.07) is 11.2. The van der Waals surface area contributed by atoms with Gasteiger partial charge in [0.1, 0.15) is 5.75 Å². The van der Waals surface area contributed by atoms with Gasteiger partial charge in [0, 0.05) is 25.6 Å². The number of rotatable bonds is 6. The number of aromatic nitrogens is 1. The molecule has 1 aliphatic heterocycles. The lowest BCUT2D eigenvalue weighted by Crippen LogP contribution is -2.29. The van der Waals surface area contributed by atoms with E-state index in [0.717, 1.165) is 12.1 Å². The number of likely N-dealkylation sites (tertiary alicyclic amines) is 1. The van der Waals surface area contributed by atoms with E-state index in [1.54, 1.807) is 18.3 Å². The van der Waals surface area contributed by atoms with Crippen LogP contribution in [0, 0.1) is 18.8 Å². The Hall–Kier alpha value is -2.89. The van der Waals surface area contributed by atoms with E-state index in [1.165, 1.54) is 12.8 Å². The van der Waals surface area contributed by atoms with Gasteiger partial charge in [-0.3, -0.25) is 9.59 Å². The molecule has 2 heterocycles. The largest absolute Gasteiger partial charge is 0.439 e. The minimum Gasteiger partial charge on any atom is -0.439 e. The highest BCUT2D eigenvalue weighted by atomic mass is 16.5. The van der Waals surface area contributed by atoms with Crippen LogP contribution in [0.25, 0.3) is 0 Å². The van der Waals surface area contributed by atoms with E-state index in [9.17, 15) is 9.59 Å². The molecule has 6 nitrogen and oxygen atoms in total. The molecular weight excluding hydrogens is 342 g/mol. The average molecular weight is 365 g/mol. The van der Waals surface area contributed by atoms with Crippen molar-refractivity contribution in [2.45, 2.75) is 26.2 Å². The fourth-order valence-electron chi connectivity index (χ4n) is 3.22. The number of nitrogens with zero attached hydrogens (tertiary/aromatic N) is 2. The van der Waals surface area contributed by atoms with Gasteiger partial charge in [0.2, 0.25) is 17.7 Å².